The first-order valence-corrected chi connectivity index (χ1v) is 21.9. The number of nitrogens with one attached hydrogen (secondary N) is 3. The zero-order valence-corrected chi connectivity index (χ0v) is 34.7. The zero-order chi connectivity index (χ0) is 40.7. The molecule has 0 unspecified atom stereocenters. The fraction of sp³-hybridized carbons (Fsp3) is 0.651. The smallest absolute Gasteiger partial charge is 0.238 e. The van der Waals surface area contributed by atoms with E-state index in [1.807, 2.05) is 11.0 Å². The molecule has 5 N–H and O–H groups in total. The summed E-state index contributed by atoms with van der Waals surface area (Å²) in [4.78, 5) is 44.8. The number of anilines is 1. The number of nitrogens with zero attached hydrogens (tertiary/aromatic N) is 1. The van der Waals surface area contributed by atoms with Crippen LogP contribution in [0.3, 0.4) is 0 Å². The van der Waals surface area contributed by atoms with Gasteiger partial charge in [0.1, 0.15) is 11.2 Å². The third kappa shape index (κ3) is 8.93. The number of carbonyl (C=O) groups excluding carboxylic acids is 3. The monoisotopic (exact) mass is 845 g/mol. The number of amides is 3. The molecule has 58 heavy (non-hydrogen) atoms. The van der Waals surface area contributed by atoms with Crippen molar-refractivity contribution in [3.63, 3.8) is 0 Å². The second-order valence-corrected chi connectivity index (χ2v) is 17.3. The van der Waals surface area contributed by atoms with E-state index in [0.717, 1.165) is 37.7 Å². The van der Waals surface area contributed by atoms with Gasteiger partial charge in [0.25, 0.3) is 0 Å². The van der Waals surface area contributed by atoms with Crippen LogP contribution in [0, 0.1) is 11.7 Å². The topological polar surface area (TPSA) is 153 Å². The Morgan fingerprint density at radius 1 is 0.879 bits per heavy atom. The van der Waals surface area contributed by atoms with Crippen molar-refractivity contribution < 1.29 is 37.7 Å². The summed E-state index contributed by atoms with van der Waals surface area (Å²) in [5.41, 5.74) is 4.84. The Labute approximate surface area is 350 Å². The Bertz CT molecular complexity index is 1750. The minimum atomic E-state index is -1.28. The van der Waals surface area contributed by atoms with Crippen LogP contribution in [0.1, 0.15) is 87.7 Å². The summed E-state index contributed by atoms with van der Waals surface area (Å²) >= 11 is 12.8. The lowest BCUT2D eigenvalue weighted by Gasteiger charge is -2.47. The van der Waals surface area contributed by atoms with Crippen molar-refractivity contribution in [1.29, 1.82) is 0 Å². The Hall–Kier alpha value is -2.88. The number of hydrogen-bond donors (Lipinski definition) is 4. The van der Waals surface area contributed by atoms with Crippen molar-refractivity contribution >= 4 is 46.6 Å². The number of rotatable bonds is 16. The van der Waals surface area contributed by atoms with Gasteiger partial charge in [-0.15, -0.1) is 0 Å². The number of piperidine rings is 1. The molecule has 2 aromatic carbocycles. The fourth-order valence-corrected chi connectivity index (χ4v) is 10.7. The standard InChI is InChI=1S/C43H58Cl2FN5O7/c44-29-9-12-33-35(27-29)49-41(54)43(33)36(32-5-4-6-34(45)37(32)46)38(50-42(43)15-2-1-3-16-42)39(52)48-30-10-7-28(8-11-30)40(53)51-18-13-31(14-19-51)58-26-25-57-24-23-56-22-21-55-20-17-47/h4-6,9,12,27-28,30-31,36,38,50H,1-3,7-8,10-11,13-26,47H2,(H,48,52)(H,49,54)/t28?,30?,36-,38+,43+/m0/s1. The molecule has 2 spiro atoms. The van der Waals surface area contributed by atoms with E-state index >= 15 is 4.39 Å². The molecule has 2 saturated carbocycles. The molecule has 4 fully saturated rings. The lowest BCUT2D eigenvalue weighted by atomic mass is 9.55. The molecule has 2 aromatic rings. The number of ether oxygens (including phenoxy) is 4. The van der Waals surface area contributed by atoms with Gasteiger partial charge in [-0.2, -0.15) is 0 Å². The van der Waals surface area contributed by atoms with Crippen LogP contribution in [0.15, 0.2) is 36.4 Å². The predicted molar refractivity (Wildman–Crippen MR) is 220 cm³/mol. The van der Waals surface area contributed by atoms with Crippen LogP contribution >= 0.6 is 23.2 Å². The van der Waals surface area contributed by atoms with Crippen molar-refractivity contribution in [3.05, 3.63) is 63.4 Å². The number of nitrogens with two attached hydrogens (primary N) is 1. The van der Waals surface area contributed by atoms with Crippen LogP contribution in [0.25, 0.3) is 0 Å². The molecule has 0 radical (unpaired) electrons. The summed E-state index contributed by atoms with van der Waals surface area (Å²) in [7, 11) is 0. The molecule has 2 aliphatic carbocycles. The first kappa shape index (κ1) is 43.2. The molecular formula is C43H58Cl2FN5O7. The normalized spacial score (nSPS) is 26.9. The van der Waals surface area contributed by atoms with Gasteiger partial charge in [-0.05, 0) is 80.7 Å². The van der Waals surface area contributed by atoms with Crippen LogP contribution in [0.2, 0.25) is 10.0 Å². The van der Waals surface area contributed by atoms with E-state index in [2.05, 4.69) is 16.0 Å². The van der Waals surface area contributed by atoms with E-state index in [1.54, 1.807) is 24.3 Å². The predicted octanol–water partition coefficient (Wildman–Crippen LogP) is 5.47. The molecule has 12 nitrogen and oxygen atoms in total. The van der Waals surface area contributed by atoms with Gasteiger partial charge >= 0.3 is 0 Å². The van der Waals surface area contributed by atoms with Gasteiger partial charge in [-0.25, -0.2) is 4.39 Å². The van der Waals surface area contributed by atoms with Gasteiger partial charge in [-0.1, -0.05) is 60.7 Å². The van der Waals surface area contributed by atoms with E-state index < -0.39 is 28.7 Å². The largest absolute Gasteiger partial charge is 0.378 e. The highest BCUT2D eigenvalue weighted by Gasteiger charge is 2.72. The molecule has 0 aromatic heterocycles. The lowest BCUT2D eigenvalue weighted by molar-refractivity contribution is -0.139. The summed E-state index contributed by atoms with van der Waals surface area (Å²) in [5.74, 6) is -1.99. The zero-order valence-electron chi connectivity index (χ0n) is 33.2. The minimum Gasteiger partial charge on any atom is -0.378 e. The second kappa shape index (κ2) is 19.7. The first-order chi connectivity index (χ1) is 28.2. The number of carbonyl (C=O) groups is 3. The number of hydrogen-bond acceptors (Lipinski definition) is 9. The summed E-state index contributed by atoms with van der Waals surface area (Å²) in [6.07, 6.45) is 8.33. The van der Waals surface area contributed by atoms with Crippen LogP contribution in [-0.2, 0) is 38.7 Å². The van der Waals surface area contributed by atoms with Crippen molar-refractivity contribution in [2.24, 2.45) is 11.7 Å². The first-order valence-electron chi connectivity index (χ1n) is 21.2. The third-order valence-corrected chi connectivity index (χ3v) is 13.6. The maximum absolute atomic E-state index is 16.3. The van der Waals surface area contributed by atoms with Gasteiger partial charge in [0.05, 0.1) is 63.4 Å². The molecule has 0 bridgehead atoms. The van der Waals surface area contributed by atoms with Crippen LogP contribution < -0.4 is 21.7 Å². The van der Waals surface area contributed by atoms with E-state index in [4.69, 9.17) is 47.9 Å². The van der Waals surface area contributed by atoms with Crippen LogP contribution in [0.5, 0.6) is 0 Å². The van der Waals surface area contributed by atoms with Crippen LogP contribution in [0.4, 0.5) is 10.1 Å². The quantitative estimate of drug-likeness (QED) is 0.161. The Morgan fingerprint density at radius 2 is 1.55 bits per heavy atom. The molecule has 318 valence electrons. The Morgan fingerprint density at radius 3 is 2.24 bits per heavy atom. The molecule has 3 atom stereocenters. The Balaban J connectivity index is 0.939. The summed E-state index contributed by atoms with van der Waals surface area (Å²) in [6.45, 7) is 5.35. The molecule has 3 amide bonds. The van der Waals surface area contributed by atoms with E-state index in [9.17, 15) is 14.4 Å². The van der Waals surface area contributed by atoms with Crippen molar-refractivity contribution in [1.82, 2.24) is 15.5 Å². The van der Waals surface area contributed by atoms with E-state index in [1.165, 1.54) is 6.07 Å². The average Bonchev–Trinajstić information content (AvgIpc) is 3.68. The number of benzene rings is 2. The van der Waals surface area contributed by atoms with Gasteiger partial charge in [0.15, 0.2) is 0 Å². The highest BCUT2D eigenvalue weighted by molar-refractivity contribution is 6.31. The third-order valence-electron chi connectivity index (χ3n) is 13.1. The van der Waals surface area contributed by atoms with Gasteiger partial charge < -0.3 is 40.2 Å². The highest BCUT2D eigenvalue weighted by atomic mass is 35.5. The fourth-order valence-electron chi connectivity index (χ4n) is 10.4. The number of fused-ring (bicyclic) bond motifs is 3. The lowest BCUT2D eigenvalue weighted by Crippen LogP contribution is -2.60. The maximum Gasteiger partial charge on any atom is 0.238 e. The molecule has 3 aliphatic heterocycles. The minimum absolute atomic E-state index is 0.0602. The van der Waals surface area contributed by atoms with Crippen molar-refractivity contribution in [3.8, 4) is 0 Å². The van der Waals surface area contributed by atoms with Gasteiger partial charge in [0.2, 0.25) is 17.7 Å². The number of halogens is 3. The summed E-state index contributed by atoms with van der Waals surface area (Å²) in [6, 6.07) is 9.09. The molecule has 15 heteroatoms. The van der Waals surface area contributed by atoms with Crippen molar-refractivity contribution in [2.45, 2.75) is 106 Å². The van der Waals surface area contributed by atoms with Crippen LogP contribution in [-0.4, -0.2) is 112 Å². The SMILES string of the molecule is NCCOCCOCCOCCOC1CCN(C(=O)C2CCC(NC(=O)[C@@H]3NC4(CCCCC4)[C@@]4(C(=O)Nc5cc(Cl)ccc54)[C@H]3c3cccc(Cl)c3F)CC2)CC1. The van der Waals surface area contributed by atoms with Crippen molar-refractivity contribution in [2.75, 3.05) is 71.2 Å². The van der Waals surface area contributed by atoms with E-state index in [-0.39, 0.29) is 46.4 Å². The Kier molecular flexibility index (Phi) is 14.7. The molecule has 2 saturated heterocycles. The second-order valence-electron chi connectivity index (χ2n) is 16.4. The maximum atomic E-state index is 16.3. The average molecular weight is 847 g/mol. The molecule has 3 heterocycles. The molecule has 7 rings (SSSR count). The number of likely N-dealkylation sites (tertiary alicyclic amines) is 1. The molecule has 5 aliphatic rings. The highest BCUT2D eigenvalue weighted by Crippen LogP contribution is 2.62. The molecular weight excluding hydrogens is 788 g/mol. The van der Waals surface area contributed by atoms with Gasteiger partial charge in [0, 0.05) is 53.8 Å². The van der Waals surface area contributed by atoms with E-state index in [0.29, 0.717) is 115 Å². The summed E-state index contributed by atoms with van der Waals surface area (Å²) < 4.78 is 38.6. The van der Waals surface area contributed by atoms with Gasteiger partial charge in [-0.3, -0.25) is 19.7 Å². The summed E-state index contributed by atoms with van der Waals surface area (Å²) in [5, 5.41) is 10.5.